The topological polar surface area (TPSA) is 96.0 Å². The molecule has 1 N–H and O–H groups in total. The highest BCUT2D eigenvalue weighted by Gasteiger charge is 2.19. The van der Waals surface area contributed by atoms with Crippen LogP contribution in [0.4, 0.5) is 5.69 Å². The van der Waals surface area contributed by atoms with Gasteiger partial charge in [-0.2, -0.15) is 5.26 Å². The molecule has 0 aliphatic rings. The number of nitro groups is 1. The Bertz CT molecular complexity index is 801. The number of hydrogen-bond acceptors (Lipinski definition) is 4. The highest BCUT2D eigenvalue weighted by molar-refractivity contribution is 6.02. The van der Waals surface area contributed by atoms with Crippen LogP contribution in [-0.4, -0.2) is 16.9 Å². The summed E-state index contributed by atoms with van der Waals surface area (Å²) in [7, 11) is 0. The van der Waals surface area contributed by atoms with E-state index in [4.69, 9.17) is 0 Å². The number of nitro benzene ring substituents is 1. The van der Waals surface area contributed by atoms with Crippen molar-refractivity contribution in [1.29, 1.82) is 5.26 Å². The highest BCUT2D eigenvalue weighted by atomic mass is 16.6. The summed E-state index contributed by atoms with van der Waals surface area (Å²) in [6, 6.07) is 7.42. The van der Waals surface area contributed by atoms with E-state index < -0.39 is 10.8 Å². The summed E-state index contributed by atoms with van der Waals surface area (Å²) in [5.41, 5.74) is 0.596. The molecule has 1 atom stereocenters. The molecule has 0 aliphatic carbocycles. The van der Waals surface area contributed by atoms with Crippen LogP contribution in [0.5, 0.6) is 0 Å². The molecule has 0 aliphatic heterocycles. The zero-order chi connectivity index (χ0) is 19.5. The number of carbonyl (C=O) groups is 1. The maximum Gasteiger partial charge on any atom is 0.276 e. The summed E-state index contributed by atoms with van der Waals surface area (Å²) in [6.45, 7) is 9.35. The number of hydrogen-bond donors (Lipinski definition) is 1. The second-order valence-corrected chi connectivity index (χ2v) is 5.41. The van der Waals surface area contributed by atoms with Gasteiger partial charge in [0.05, 0.1) is 16.5 Å². The van der Waals surface area contributed by atoms with Gasteiger partial charge in [0.2, 0.25) is 0 Å². The molecule has 6 heteroatoms. The first-order chi connectivity index (χ1) is 12.5. The minimum Gasteiger partial charge on any atom is -0.345 e. The lowest BCUT2D eigenvalue weighted by Gasteiger charge is -2.19. The molecule has 0 unspecified atom stereocenters. The van der Waals surface area contributed by atoms with E-state index in [-0.39, 0.29) is 22.9 Å². The summed E-state index contributed by atoms with van der Waals surface area (Å²) in [6.07, 6.45) is 7.65. The van der Waals surface area contributed by atoms with Crippen LogP contribution in [0, 0.1) is 21.4 Å². The van der Waals surface area contributed by atoms with E-state index in [1.807, 2.05) is 13.0 Å². The van der Waals surface area contributed by atoms with Gasteiger partial charge in [-0.1, -0.05) is 56.9 Å². The Morgan fingerprint density at radius 2 is 2.12 bits per heavy atom. The monoisotopic (exact) mass is 351 g/mol. The van der Waals surface area contributed by atoms with Crippen molar-refractivity contribution < 1.29 is 9.72 Å². The molecule has 0 saturated carbocycles. The van der Waals surface area contributed by atoms with E-state index >= 15 is 0 Å². The lowest BCUT2D eigenvalue weighted by atomic mass is 10.0. The van der Waals surface area contributed by atoms with Crippen molar-refractivity contribution in [3.63, 3.8) is 0 Å². The van der Waals surface area contributed by atoms with Crippen molar-refractivity contribution in [1.82, 2.24) is 5.32 Å². The molecule has 26 heavy (non-hydrogen) atoms. The second kappa shape index (κ2) is 10.4. The molecule has 0 aromatic heterocycles. The third-order valence-electron chi connectivity index (χ3n) is 3.63. The third kappa shape index (κ3) is 5.56. The molecule has 1 rings (SSSR count). The van der Waals surface area contributed by atoms with Crippen molar-refractivity contribution in [2.75, 3.05) is 0 Å². The smallest absolute Gasteiger partial charge is 0.276 e. The molecule has 0 fully saturated rings. The summed E-state index contributed by atoms with van der Waals surface area (Å²) in [5, 5.41) is 23.2. The van der Waals surface area contributed by atoms with Gasteiger partial charge < -0.3 is 5.32 Å². The molecule has 1 aromatic carbocycles. The van der Waals surface area contributed by atoms with Crippen LogP contribution in [0.15, 0.2) is 66.8 Å². The lowest BCUT2D eigenvalue weighted by molar-refractivity contribution is -0.385. The normalized spacial score (nSPS) is 12.6. The van der Waals surface area contributed by atoms with E-state index in [9.17, 15) is 20.2 Å². The zero-order valence-corrected chi connectivity index (χ0v) is 14.6. The summed E-state index contributed by atoms with van der Waals surface area (Å²) in [5.74, 6) is -0.596. The summed E-state index contributed by atoms with van der Waals surface area (Å²) in [4.78, 5) is 23.0. The van der Waals surface area contributed by atoms with E-state index in [0.29, 0.717) is 6.42 Å². The van der Waals surface area contributed by atoms with E-state index in [1.54, 1.807) is 24.3 Å². The Morgan fingerprint density at radius 1 is 1.42 bits per heavy atom. The molecular weight excluding hydrogens is 330 g/mol. The number of carbonyl (C=O) groups excluding carboxylic acids is 1. The first-order valence-electron chi connectivity index (χ1n) is 8.09. The number of allylic oxidation sites excluding steroid dienone is 2. The maximum absolute atomic E-state index is 12.5. The minimum atomic E-state index is -0.596. The average molecular weight is 351 g/mol. The Hall–Kier alpha value is -3.46. The van der Waals surface area contributed by atoms with Crippen LogP contribution in [0.1, 0.15) is 25.3 Å². The number of rotatable bonds is 9. The minimum absolute atomic E-state index is 0.170. The van der Waals surface area contributed by atoms with Gasteiger partial charge in [-0.25, -0.2) is 0 Å². The van der Waals surface area contributed by atoms with Gasteiger partial charge in [0.1, 0.15) is 11.6 Å². The van der Waals surface area contributed by atoms with Crippen LogP contribution < -0.4 is 5.32 Å². The first-order valence-corrected chi connectivity index (χ1v) is 8.09. The average Bonchev–Trinajstić information content (AvgIpc) is 2.63. The van der Waals surface area contributed by atoms with Crippen molar-refractivity contribution in [3.05, 3.63) is 82.5 Å². The van der Waals surface area contributed by atoms with Gasteiger partial charge in [0.15, 0.2) is 0 Å². The Balaban J connectivity index is 3.17. The van der Waals surface area contributed by atoms with Gasteiger partial charge in [-0.15, -0.1) is 0 Å². The van der Waals surface area contributed by atoms with Crippen molar-refractivity contribution in [2.45, 2.75) is 25.8 Å². The quantitative estimate of drug-likeness (QED) is 0.238. The van der Waals surface area contributed by atoms with Crippen molar-refractivity contribution >= 4 is 17.7 Å². The Morgan fingerprint density at radius 3 is 2.65 bits per heavy atom. The van der Waals surface area contributed by atoms with Gasteiger partial charge in [0, 0.05) is 6.07 Å². The van der Waals surface area contributed by atoms with Gasteiger partial charge >= 0.3 is 0 Å². The fourth-order valence-electron chi connectivity index (χ4n) is 2.39. The molecule has 0 spiro atoms. The third-order valence-corrected chi connectivity index (χ3v) is 3.63. The molecule has 0 bridgehead atoms. The number of nitriles is 1. The molecule has 1 amide bonds. The van der Waals surface area contributed by atoms with Gasteiger partial charge in [-0.05, 0) is 24.1 Å². The standard InChI is InChI=1S/C20H21N3O3/c1-4-9-15(6-3)18(10-5-2)22-20(24)17(14-21)13-16-11-7-8-12-19(16)23(25)26/h4,6-9,11-13,18H,1,3,5,10H2,2H3,(H,22,24)/b15-9+,17-13+/t18-/m0/s1. The molecule has 1 aromatic rings. The number of para-hydroxylation sites is 1. The van der Waals surface area contributed by atoms with Gasteiger partial charge in [0.25, 0.3) is 11.6 Å². The van der Waals surface area contributed by atoms with Crippen molar-refractivity contribution in [3.8, 4) is 6.07 Å². The highest BCUT2D eigenvalue weighted by Crippen LogP contribution is 2.21. The van der Waals surface area contributed by atoms with Crippen LogP contribution >= 0.6 is 0 Å². The van der Waals surface area contributed by atoms with Gasteiger partial charge in [-0.3, -0.25) is 14.9 Å². The van der Waals surface area contributed by atoms with E-state index in [1.165, 1.54) is 24.3 Å². The van der Waals surface area contributed by atoms with E-state index in [2.05, 4.69) is 18.5 Å². The predicted molar refractivity (Wildman–Crippen MR) is 102 cm³/mol. The fraction of sp³-hybridized carbons (Fsp3) is 0.200. The van der Waals surface area contributed by atoms with Crippen LogP contribution in [0.25, 0.3) is 6.08 Å². The van der Waals surface area contributed by atoms with Crippen LogP contribution in [-0.2, 0) is 4.79 Å². The number of amides is 1. The van der Waals surface area contributed by atoms with Crippen LogP contribution in [0.3, 0.4) is 0 Å². The molecule has 134 valence electrons. The number of nitrogens with one attached hydrogen (secondary N) is 1. The lowest BCUT2D eigenvalue weighted by Crippen LogP contribution is -2.36. The molecular formula is C20H21N3O3. The number of benzene rings is 1. The Labute approximate surface area is 153 Å². The molecule has 0 saturated heterocycles. The fourth-order valence-corrected chi connectivity index (χ4v) is 2.39. The first kappa shape index (κ1) is 20.6. The largest absolute Gasteiger partial charge is 0.345 e. The van der Waals surface area contributed by atoms with Crippen molar-refractivity contribution in [2.24, 2.45) is 0 Å². The number of nitrogens with zero attached hydrogens (tertiary/aromatic N) is 2. The molecule has 0 radical (unpaired) electrons. The summed E-state index contributed by atoms with van der Waals surface area (Å²) >= 11 is 0. The van der Waals surface area contributed by atoms with Crippen LogP contribution in [0.2, 0.25) is 0 Å². The predicted octanol–water partition coefficient (Wildman–Crippen LogP) is 4.09. The maximum atomic E-state index is 12.5. The van der Waals surface area contributed by atoms with E-state index in [0.717, 1.165) is 12.0 Å². The summed E-state index contributed by atoms with van der Waals surface area (Å²) < 4.78 is 0. The molecule has 0 heterocycles. The second-order valence-electron chi connectivity index (χ2n) is 5.41. The SMILES string of the molecule is C=C/C=C(\C=C)[C@H](CCC)NC(=O)/C(C#N)=C/c1ccccc1[N+](=O)[O-]. The Kier molecular flexibility index (Phi) is 8.24. The molecule has 6 nitrogen and oxygen atoms in total. The zero-order valence-electron chi connectivity index (χ0n) is 14.6.